The number of nitrogens with two attached hydrogens (primary N) is 1. The smallest absolute Gasteiger partial charge is 0.225 e. The lowest BCUT2D eigenvalue weighted by Gasteiger charge is -2.45. The van der Waals surface area contributed by atoms with E-state index in [1.165, 1.54) is 26.4 Å². The highest BCUT2D eigenvalue weighted by Crippen LogP contribution is 2.42. The SMILES string of the molecule is COc1ccc(CN2CCN(C(=O)C3CC4CCCC(C3)C4N)CC2)cc1F. The van der Waals surface area contributed by atoms with Gasteiger partial charge >= 0.3 is 0 Å². The van der Waals surface area contributed by atoms with E-state index in [1.54, 1.807) is 12.1 Å². The van der Waals surface area contributed by atoms with E-state index in [-0.39, 0.29) is 17.5 Å². The van der Waals surface area contributed by atoms with Crippen LogP contribution in [0.3, 0.4) is 0 Å². The molecule has 0 aromatic heterocycles. The number of methoxy groups -OCH3 is 1. The molecule has 2 unspecified atom stereocenters. The molecular weight excluding hydrogens is 357 g/mol. The van der Waals surface area contributed by atoms with Crippen LogP contribution in [0.4, 0.5) is 4.39 Å². The van der Waals surface area contributed by atoms with E-state index in [1.807, 2.05) is 11.0 Å². The fourth-order valence-electron chi connectivity index (χ4n) is 5.44. The summed E-state index contributed by atoms with van der Waals surface area (Å²) in [6, 6.07) is 5.43. The summed E-state index contributed by atoms with van der Waals surface area (Å²) in [5.41, 5.74) is 7.32. The van der Waals surface area contributed by atoms with Crippen molar-refractivity contribution in [2.24, 2.45) is 23.5 Å². The first kappa shape index (κ1) is 19.6. The molecule has 28 heavy (non-hydrogen) atoms. The number of nitrogens with zero attached hydrogens (tertiary/aromatic N) is 2. The molecule has 1 amide bonds. The summed E-state index contributed by atoms with van der Waals surface area (Å²) >= 11 is 0. The molecule has 154 valence electrons. The second kappa shape index (κ2) is 8.37. The van der Waals surface area contributed by atoms with Crippen LogP contribution >= 0.6 is 0 Å². The monoisotopic (exact) mass is 389 g/mol. The van der Waals surface area contributed by atoms with Gasteiger partial charge in [0.15, 0.2) is 11.6 Å². The van der Waals surface area contributed by atoms with Gasteiger partial charge in [0.1, 0.15) is 0 Å². The van der Waals surface area contributed by atoms with Gasteiger partial charge in [-0.2, -0.15) is 0 Å². The van der Waals surface area contributed by atoms with Crippen LogP contribution in [0.15, 0.2) is 18.2 Å². The molecule has 3 fully saturated rings. The van der Waals surface area contributed by atoms with Gasteiger partial charge in [-0.15, -0.1) is 0 Å². The van der Waals surface area contributed by atoms with E-state index in [0.717, 1.165) is 44.6 Å². The van der Waals surface area contributed by atoms with Crippen LogP contribution in [0.25, 0.3) is 0 Å². The van der Waals surface area contributed by atoms with Crippen LogP contribution in [0.2, 0.25) is 0 Å². The molecule has 1 aromatic carbocycles. The van der Waals surface area contributed by atoms with Gasteiger partial charge < -0.3 is 15.4 Å². The molecule has 6 heteroatoms. The number of carbonyl (C=O) groups excluding carboxylic acids is 1. The summed E-state index contributed by atoms with van der Waals surface area (Å²) in [6.07, 6.45) is 5.60. The summed E-state index contributed by atoms with van der Waals surface area (Å²) in [7, 11) is 1.47. The van der Waals surface area contributed by atoms with Crippen molar-refractivity contribution in [3.8, 4) is 5.75 Å². The highest BCUT2D eigenvalue weighted by atomic mass is 19.1. The average molecular weight is 390 g/mol. The molecule has 2 N–H and O–H groups in total. The molecule has 2 aliphatic carbocycles. The van der Waals surface area contributed by atoms with Crippen molar-refractivity contribution >= 4 is 5.91 Å². The van der Waals surface area contributed by atoms with Gasteiger partial charge in [-0.25, -0.2) is 4.39 Å². The lowest BCUT2D eigenvalue weighted by Crippen LogP contribution is -2.53. The minimum absolute atomic E-state index is 0.164. The van der Waals surface area contributed by atoms with Gasteiger partial charge in [0.2, 0.25) is 5.91 Å². The molecule has 4 rings (SSSR count). The fourth-order valence-corrected chi connectivity index (χ4v) is 5.44. The Morgan fingerprint density at radius 1 is 1.18 bits per heavy atom. The van der Waals surface area contributed by atoms with Gasteiger partial charge in [0.05, 0.1) is 7.11 Å². The number of ether oxygens (including phenoxy) is 1. The maximum atomic E-state index is 13.9. The Morgan fingerprint density at radius 3 is 2.46 bits per heavy atom. The third-order valence-corrected chi connectivity index (χ3v) is 7.07. The fraction of sp³-hybridized carbons (Fsp3) is 0.682. The maximum absolute atomic E-state index is 13.9. The van der Waals surface area contributed by atoms with Crippen molar-refractivity contribution in [2.75, 3.05) is 33.3 Å². The summed E-state index contributed by atoms with van der Waals surface area (Å²) in [4.78, 5) is 17.4. The zero-order valence-corrected chi connectivity index (χ0v) is 16.8. The van der Waals surface area contributed by atoms with E-state index in [2.05, 4.69) is 4.90 Å². The third kappa shape index (κ3) is 4.03. The van der Waals surface area contributed by atoms with E-state index in [0.29, 0.717) is 30.3 Å². The van der Waals surface area contributed by atoms with Gasteiger partial charge in [-0.1, -0.05) is 12.5 Å². The average Bonchev–Trinajstić information content (AvgIpc) is 2.68. The second-order valence-corrected chi connectivity index (χ2v) is 8.77. The minimum atomic E-state index is -0.324. The lowest BCUT2D eigenvalue weighted by atomic mass is 9.65. The molecule has 2 bridgehead atoms. The highest BCUT2D eigenvalue weighted by molar-refractivity contribution is 5.79. The largest absolute Gasteiger partial charge is 0.494 e. The van der Waals surface area contributed by atoms with Crippen molar-refractivity contribution < 1.29 is 13.9 Å². The number of benzene rings is 1. The van der Waals surface area contributed by atoms with Gasteiger partial charge in [0, 0.05) is 44.7 Å². The van der Waals surface area contributed by atoms with Crippen LogP contribution in [-0.2, 0) is 11.3 Å². The van der Waals surface area contributed by atoms with E-state index in [9.17, 15) is 9.18 Å². The lowest BCUT2D eigenvalue weighted by molar-refractivity contribution is -0.140. The van der Waals surface area contributed by atoms with Crippen molar-refractivity contribution in [1.29, 1.82) is 0 Å². The number of hydrogen-bond donors (Lipinski definition) is 1. The van der Waals surface area contributed by atoms with Crippen molar-refractivity contribution in [2.45, 2.75) is 44.7 Å². The maximum Gasteiger partial charge on any atom is 0.225 e. The number of fused-ring (bicyclic) bond motifs is 2. The van der Waals surface area contributed by atoms with Crippen molar-refractivity contribution in [1.82, 2.24) is 9.80 Å². The minimum Gasteiger partial charge on any atom is -0.494 e. The number of amides is 1. The Kier molecular flexibility index (Phi) is 5.88. The van der Waals surface area contributed by atoms with E-state index >= 15 is 0 Å². The third-order valence-electron chi connectivity index (χ3n) is 7.07. The molecule has 1 aliphatic heterocycles. The Bertz CT molecular complexity index is 691. The molecular formula is C22H32FN3O2. The second-order valence-electron chi connectivity index (χ2n) is 8.77. The molecule has 1 aromatic rings. The standard InChI is InChI=1S/C22H32FN3O2/c1-28-20-6-5-15(11-19(20)23)14-25-7-9-26(10-8-25)22(27)18-12-16-3-2-4-17(13-18)21(16)24/h5-6,11,16-18,21H,2-4,7-10,12-14,24H2,1H3. The summed E-state index contributed by atoms with van der Waals surface area (Å²) in [6.45, 7) is 3.88. The Balaban J connectivity index is 1.29. The summed E-state index contributed by atoms with van der Waals surface area (Å²) in [5.74, 6) is 1.52. The van der Waals surface area contributed by atoms with Gasteiger partial charge in [-0.3, -0.25) is 9.69 Å². The summed E-state index contributed by atoms with van der Waals surface area (Å²) < 4.78 is 18.9. The van der Waals surface area contributed by atoms with E-state index < -0.39 is 0 Å². The number of carbonyl (C=O) groups is 1. The Morgan fingerprint density at radius 2 is 1.86 bits per heavy atom. The molecule has 1 saturated heterocycles. The van der Waals surface area contributed by atoms with Gasteiger partial charge in [-0.05, 0) is 55.2 Å². The predicted molar refractivity (Wildman–Crippen MR) is 106 cm³/mol. The molecule has 1 heterocycles. The molecule has 3 aliphatic rings. The zero-order valence-electron chi connectivity index (χ0n) is 16.8. The number of hydrogen-bond acceptors (Lipinski definition) is 4. The topological polar surface area (TPSA) is 58.8 Å². The number of halogens is 1. The molecule has 5 nitrogen and oxygen atoms in total. The van der Waals surface area contributed by atoms with Gasteiger partial charge in [0.25, 0.3) is 0 Å². The molecule has 0 radical (unpaired) electrons. The zero-order chi connectivity index (χ0) is 19.7. The quantitative estimate of drug-likeness (QED) is 0.860. The highest BCUT2D eigenvalue weighted by Gasteiger charge is 2.41. The van der Waals surface area contributed by atoms with Crippen molar-refractivity contribution in [3.05, 3.63) is 29.6 Å². The Labute approximate surface area is 167 Å². The van der Waals surface area contributed by atoms with Crippen LogP contribution in [0, 0.1) is 23.6 Å². The van der Waals surface area contributed by atoms with Crippen LogP contribution in [0.5, 0.6) is 5.75 Å². The number of piperazine rings is 1. The van der Waals surface area contributed by atoms with Crippen LogP contribution < -0.4 is 10.5 Å². The molecule has 2 atom stereocenters. The first-order valence-electron chi connectivity index (χ1n) is 10.6. The first-order valence-corrected chi connectivity index (χ1v) is 10.6. The molecule has 0 spiro atoms. The van der Waals surface area contributed by atoms with Crippen molar-refractivity contribution in [3.63, 3.8) is 0 Å². The van der Waals surface area contributed by atoms with Crippen LogP contribution in [0.1, 0.15) is 37.7 Å². The molecule has 2 saturated carbocycles. The Hall–Kier alpha value is -1.66. The summed E-state index contributed by atoms with van der Waals surface area (Å²) in [5, 5.41) is 0. The first-order chi connectivity index (χ1) is 13.5. The predicted octanol–water partition coefficient (Wildman–Crippen LogP) is 2.63. The normalized spacial score (nSPS) is 30.9. The number of rotatable bonds is 4. The van der Waals surface area contributed by atoms with E-state index in [4.69, 9.17) is 10.5 Å². The van der Waals surface area contributed by atoms with Crippen LogP contribution in [-0.4, -0.2) is 55.0 Å².